The van der Waals surface area contributed by atoms with E-state index in [0.717, 1.165) is 9.79 Å². The largest absolute Gasteiger partial charge is 0.304 e. The van der Waals surface area contributed by atoms with Gasteiger partial charge in [-0.1, -0.05) is 26.8 Å². The Kier molecular flexibility index (Phi) is 9.06. The summed E-state index contributed by atoms with van der Waals surface area (Å²) >= 11 is 8.21. The van der Waals surface area contributed by atoms with Gasteiger partial charge in [0.15, 0.2) is 0 Å². The van der Waals surface area contributed by atoms with Crippen LogP contribution in [0.2, 0.25) is 0 Å². The molecule has 1 rings (SSSR count). The zero-order chi connectivity index (χ0) is 11.7. The van der Waals surface area contributed by atoms with Gasteiger partial charge in [-0.05, 0) is 37.8 Å². The maximum absolute atomic E-state index is 4.11. The van der Waals surface area contributed by atoms with Crippen LogP contribution in [0.5, 0.6) is 0 Å². The van der Waals surface area contributed by atoms with Gasteiger partial charge >= 0.3 is 0 Å². The van der Waals surface area contributed by atoms with Crippen LogP contribution in [0.1, 0.15) is 20.8 Å². The molecule has 0 bridgehead atoms. The molecule has 0 unspecified atom stereocenters. The molecule has 0 atom stereocenters. The molecule has 0 amide bonds. The lowest BCUT2D eigenvalue weighted by Crippen LogP contribution is -2.21. The Morgan fingerprint density at radius 1 is 0.933 bits per heavy atom. The Hall–Kier alpha value is -0.120. The third-order valence-electron chi connectivity index (χ3n) is 2.17. The Labute approximate surface area is 105 Å². The van der Waals surface area contributed by atoms with Crippen LogP contribution >= 0.6 is 25.3 Å². The van der Waals surface area contributed by atoms with Gasteiger partial charge in [0.25, 0.3) is 0 Å². The summed E-state index contributed by atoms with van der Waals surface area (Å²) in [5.74, 6) is 0. The highest BCUT2D eigenvalue weighted by molar-refractivity contribution is 7.81. The highest BCUT2D eigenvalue weighted by atomic mass is 32.1. The molecule has 0 N–H and O–H groups in total. The summed E-state index contributed by atoms with van der Waals surface area (Å²) in [5, 5.41) is 0. The Balaban J connectivity index is 0.000000265. The fraction of sp³-hybridized carbons (Fsp3) is 0.500. The highest BCUT2D eigenvalue weighted by Gasteiger charge is 1.89. The molecule has 0 aromatic heterocycles. The van der Waals surface area contributed by atoms with E-state index in [1.807, 2.05) is 24.3 Å². The van der Waals surface area contributed by atoms with Crippen molar-refractivity contribution in [2.24, 2.45) is 0 Å². The normalized spacial score (nSPS) is 9.73. The Morgan fingerprint density at radius 2 is 1.33 bits per heavy atom. The second-order valence-corrected chi connectivity index (χ2v) is 4.17. The fourth-order valence-corrected chi connectivity index (χ4v) is 1.72. The number of hydrogen-bond acceptors (Lipinski definition) is 3. The van der Waals surface area contributed by atoms with Gasteiger partial charge in [-0.25, -0.2) is 0 Å². The van der Waals surface area contributed by atoms with E-state index in [9.17, 15) is 0 Å². The number of thiol groups is 2. The minimum Gasteiger partial charge on any atom is -0.304 e. The van der Waals surface area contributed by atoms with E-state index in [4.69, 9.17) is 0 Å². The number of hydrogen-bond donors (Lipinski definition) is 2. The summed E-state index contributed by atoms with van der Waals surface area (Å²) in [4.78, 5) is 4.29. The second-order valence-electron chi connectivity index (χ2n) is 3.14. The summed E-state index contributed by atoms with van der Waals surface area (Å²) in [6.45, 7) is 10.1. The molecule has 0 aliphatic heterocycles. The molecule has 0 fully saturated rings. The van der Waals surface area contributed by atoms with Crippen molar-refractivity contribution >= 4 is 25.3 Å². The van der Waals surface area contributed by atoms with E-state index in [1.54, 1.807) is 0 Å². The van der Waals surface area contributed by atoms with Gasteiger partial charge in [0.1, 0.15) is 0 Å². The molecule has 0 aliphatic carbocycles. The number of benzene rings is 1. The Bertz CT molecular complexity index is 237. The maximum atomic E-state index is 4.11. The zero-order valence-electron chi connectivity index (χ0n) is 9.77. The van der Waals surface area contributed by atoms with Crippen molar-refractivity contribution < 1.29 is 0 Å². The van der Waals surface area contributed by atoms with Crippen LogP contribution in [-0.2, 0) is 0 Å². The first-order valence-corrected chi connectivity index (χ1v) is 6.23. The van der Waals surface area contributed by atoms with Crippen LogP contribution < -0.4 is 0 Å². The van der Waals surface area contributed by atoms with Crippen LogP contribution in [0.4, 0.5) is 0 Å². The van der Waals surface area contributed by atoms with Crippen molar-refractivity contribution in [1.29, 1.82) is 0 Å². The van der Waals surface area contributed by atoms with Gasteiger partial charge < -0.3 is 4.90 Å². The standard InChI is InChI=1S/C6H15N.C6H6S2/c1-4-7(5-2)6-3;7-5-2-1-3-6(8)4-5/h4-6H2,1-3H3;1-4,7-8H. The lowest BCUT2D eigenvalue weighted by molar-refractivity contribution is 0.321. The Morgan fingerprint density at radius 3 is 1.47 bits per heavy atom. The number of rotatable bonds is 3. The van der Waals surface area contributed by atoms with Crippen molar-refractivity contribution in [2.45, 2.75) is 30.6 Å². The highest BCUT2D eigenvalue weighted by Crippen LogP contribution is 2.10. The molecule has 1 nitrogen and oxygen atoms in total. The van der Waals surface area contributed by atoms with Gasteiger partial charge in [0.05, 0.1) is 0 Å². The lowest BCUT2D eigenvalue weighted by Gasteiger charge is -2.13. The summed E-state index contributed by atoms with van der Waals surface area (Å²) in [6.07, 6.45) is 0. The molecule has 0 spiro atoms. The van der Waals surface area contributed by atoms with E-state index in [2.05, 4.69) is 50.9 Å². The SMILES string of the molecule is CCN(CC)CC.Sc1cccc(S)c1. The molecule has 1 aromatic carbocycles. The van der Waals surface area contributed by atoms with E-state index in [0.29, 0.717) is 0 Å². The summed E-state index contributed by atoms with van der Waals surface area (Å²) < 4.78 is 0. The predicted octanol–water partition coefficient (Wildman–Crippen LogP) is 3.61. The minimum absolute atomic E-state index is 0.956. The maximum Gasteiger partial charge on any atom is 0.00510 e. The lowest BCUT2D eigenvalue weighted by atomic mass is 10.4. The summed E-state index contributed by atoms with van der Waals surface area (Å²) in [5.41, 5.74) is 0. The van der Waals surface area contributed by atoms with Gasteiger partial charge in [-0.2, -0.15) is 0 Å². The molecule has 0 aliphatic rings. The topological polar surface area (TPSA) is 3.24 Å². The first kappa shape index (κ1) is 14.9. The number of nitrogens with zero attached hydrogens (tertiary/aromatic N) is 1. The van der Waals surface area contributed by atoms with E-state index in [1.165, 1.54) is 19.6 Å². The van der Waals surface area contributed by atoms with E-state index >= 15 is 0 Å². The van der Waals surface area contributed by atoms with Gasteiger partial charge in [0.2, 0.25) is 0 Å². The third kappa shape index (κ3) is 7.77. The summed E-state index contributed by atoms with van der Waals surface area (Å²) in [6, 6.07) is 7.66. The molecular weight excluding hydrogens is 222 g/mol. The molecule has 0 heterocycles. The molecule has 15 heavy (non-hydrogen) atoms. The zero-order valence-corrected chi connectivity index (χ0v) is 11.6. The molecular formula is C12H21NS2. The fourth-order valence-electron chi connectivity index (χ4n) is 1.16. The quantitative estimate of drug-likeness (QED) is 0.767. The van der Waals surface area contributed by atoms with Gasteiger partial charge in [-0.3, -0.25) is 0 Å². The van der Waals surface area contributed by atoms with Crippen molar-refractivity contribution in [1.82, 2.24) is 4.90 Å². The predicted molar refractivity (Wildman–Crippen MR) is 74.4 cm³/mol. The minimum atomic E-state index is 0.956. The summed E-state index contributed by atoms with van der Waals surface area (Å²) in [7, 11) is 0. The van der Waals surface area contributed by atoms with Crippen molar-refractivity contribution in [3.05, 3.63) is 24.3 Å². The molecule has 86 valence electrons. The van der Waals surface area contributed by atoms with Gasteiger partial charge in [0, 0.05) is 9.79 Å². The third-order valence-corrected chi connectivity index (χ3v) is 2.73. The van der Waals surface area contributed by atoms with Crippen molar-refractivity contribution in [3.8, 4) is 0 Å². The van der Waals surface area contributed by atoms with Crippen LogP contribution in [0, 0.1) is 0 Å². The second kappa shape index (κ2) is 9.13. The first-order valence-electron chi connectivity index (χ1n) is 5.34. The molecule has 0 saturated carbocycles. The molecule has 1 aromatic rings. The first-order chi connectivity index (χ1) is 7.13. The molecule has 0 saturated heterocycles. The average molecular weight is 243 g/mol. The molecule has 3 heteroatoms. The monoisotopic (exact) mass is 243 g/mol. The van der Waals surface area contributed by atoms with Crippen LogP contribution in [-0.4, -0.2) is 24.5 Å². The average Bonchev–Trinajstić information content (AvgIpc) is 2.21. The van der Waals surface area contributed by atoms with Crippen LogP contribution in [0.25, 0.3) is 0 Å². The smallest absolute Gasteiger partial charge is 0.00510 e. The van der Waals surface area contributed by atoms with Gasteiger partial charge in [-0.15, -0.1) is 25.3 Å². The van der Waals surface area contributed by atoms with Crippen molar-refractivity contribution in [3.63, 3.8) is 0 Å². The van der Waals surface area contributed by atoms with E-state index < -0.39 is 0 Å². The van der Waals surface area contributed by atoms with Crippen LogP contribution in [0.3, 0.4) is 0 Å². The molecule has 0 radical (unpaired) electrons. The van der Waals surface area contributed by atoms with Crippen LogP contribution in [0.15, 0.2) is 34.1 Å². The van der Waals surface area contributed by atoms with E-state index in [-0.39, 0.29) is 0 Å². The van der Waals surface area contributed by atoms with Crippen molar-refractivity contribution in [2.75, 3.05) is 19.6 Å².